The summed E-state index contributed by atoms with van der Waals surface area (Å²) in [6.45, 7) is 0.979. The number of oxazole rings is 1. The maximum atomic E-state index is 9.12. The standard InChI is InChI=1S/C16H13N3O2S/c17-11-13-15(21-16(19-13)14-7-4-10-22-14)18-8-9-20-12-5-2-1-3-6-12/h1-7,10,18H,8-9H2. The van der Waals surface area contributed by atoms with Crippen LogP contribution < -0.4 is 10.1 Å². The highest BCUT2D eigenvalue weighted by molar-refractivity contribution is 7.13. The van der Waals surface area contributed by atoms with Crippen molar-refractivity contribution in [1.29, 1.82) is 5.26 Å². The normalized spacial score (nSPS) is 10.1. The lowest BCUT2D eigenvalue weighted by Crippen LogP contribution is -2.11. The Balaban J connectivity index is 1.59. The van der Waals surface area contributed by atoms with Crippen molar-refractivity contribution in [2.75, 3.05) is 18.5 Å². The number of nitrogens with one attached hydrogen (secondary N) is 1. The van der Waals surface area contributed by atoms with Crippen LogP contribution in [0.2, 0.25) is 0 Å². The number of rotatable bonds is 6. The van der Waals surface area contributed by atoms with Gasteiger partial charge in [-0.05, 0) is 23.6 Å². The van der Waals surface area contributed by atoms with Gasteiger partial charge in [-0.3, -0.25) is 0 Å². The summed E-state index contributed by atoms with van der Waals surface area (Å²) in [6, 6.07) is 15.4. The molecule has 0 fully saturated rings. The third kappa shape index (κ3) is 3.27. The Kier molecular flexibility index (Phi) is 4.37. The van der Waals surface area contributed by atoms with Gasteiger partial charge in [0.2, 0.25) is 17.5 Å². The number of hydrogen-bond donors (Lipinski definition) is 1. The van der Waals surface area contributed by atoms with Crippen molar-refractivity contribution in [1.82, 2.24) is 4.98 Å². The van der Waals surface area contributed by atoms with Gasteiger partial charge in [-0.15, -0.1) is 11.3 Å². The largest absolute Gasteiger partial charge is 0.492 e. The van der Waals surface area contributed by atoms with Crippen molar-refractivity contribution in [2.45, 2.75) is 0 Å². The zero-order chi connectivity index (χ0) is 15.2. The molecule has 0 aliphatic heterocycles. The highest BCUT2D eigenvalue weighted by Gasteiger charge is 2.14. The Morgan fingerprint density at radius 2 is 2.09 bits per heavy atom. The molecule has 3 aromatic rings. The fourth-order valence-corrected chi connectivity index (χ4v) is 2.52. The van der Waals surface area contributed by atoms with Crippen molar-refractivity contribution in [3.63, 3.8) is 0 Å². The van der Waals surface area contributed by atoms with E-state index in [2.05, 4.69) is 10.3 Å². The predicted octanol–water partition coefficient (Wildman–Crippen LogP) is 3.77. The average Bonchev–Trinajstić information content (AvgIpc) is 3.21. The van der Waals surface area contributed by atoms with Gasteiger partial charge in [0.15, 0.2) is 0 Å². The number of para-hydroxylation sites is 1. The SMILES string of the molecule is N#Cc1nc(-c2cccs2)oc1NCCOc1ccccc1. The summed E-state index contributed by atoms with van der Waals surface area (Å²) in [4.78, 5) is 5.08. The molecule has 6 heteroatoms. The van der Waals surface area contributed by atoms with E-state index in [9.17, 15) is 0 Å². The van der Waals surface area contributed by atoms with Crippen molar-refractivity contribution in [3.8, 4) is 22.6 Å². The molecule has 0 aliphatic rings. The first-order valence-electron chi connectivity index (χ1n) is 6.73. The molecule has 1 aromatic carbocycles. The molecule has 0 saturated heterocycles. The molecule has 22 heavy (non-hydrogen) atoms. The van der Waals surface area contributed by atoms with E-state index < -0.39 is 0 Å². The molecule has 1 N–H and O–H groups in total. The third-order valence-corrected chi connectivity index (χ3v) is 3.72. The first-order chi connectivity index (χ1) is 10.9. The minimum absolute atomic E-state index is 0.253. The van der Waals surface area contributed by atoms with E-state index >= 15 is 0 Å². The van der Waals surface area contributed by atoms with Crippen LogP contribution in [0.4, 0.5) is 5.88 Å². The van der Waals surface area contributed by atoms with Crippen molar-refractivity contribution < 1.29 is 9.15 Å². The second kappa shape index (κ2) is 6.78. The molecule has 0 spiro atoms. The lowest BCUT2D eigenvalue weighted by atomic mass is 10.3. The number of aromatic nitrogens is 1. The van der Waals surface area contributed by atoms with Gasteiger partial charge in [-0.2, -0.15) is 10.2 Å². The van der Waals surface area contributed by atoms with Crippen LogP contribution in [0.25, 0.3) is 10.8 Å². The summed E-state index contributed by atoms with van der Waals surface area (Å²) in [6.07, 6.45) is 0. The van der Waals surface area contributed by atoms with Crippen LogP contribution in [0.5, 0.6) is 5.75 Å². The molecule has 0 radical (unpaired) electrons. The predicted molar refractivity (Wildman–Crippen MR) is 85.0 cm³/mol. The van der Waals surface area contributed by atoms with Crippen LogP contribution in [0, 0.1) is 11.3 Å². The van der Waals surface area contributed by atoms with E-state index in [0.29, 0.717) is 24.9 Å². The number of thiophene rings is 1. The maximum Gasteiger partial charge on any atom is 0.240 e. The number of ether oxygens (including phenoxy) is 1. The van der Waals surface area contributed by atoms with Crippen LogP contribution in [0.15, 0.2) is 52.3 Å². The smallest absolute Gasteiger partial charge is 0.240 e. The Bertz CT molecular complexity index is 761. The van der Waals surface area contributed by atoms with Crippen molar-refractivity contribution >= 4 is 17.2 Å². The first kappa shape index (κ1) is 14.2. The lowest BCUT2D eigenvalue weighted by molar-refractivity contribution is 0.331. The first-order valence-corrected chi connectivity index (χ1v) is 7.61. The minimum atomic E-state index is 0.253. The van der Waals surface area contributed by atoms with Gasteiger partial charge in [0.25, 0.3) is 0 Å². The van der Waals surface area contributed by atoms with E-state index in [1.165, 1.54) is 11.3 Å². The van der Waals surface area contributed by atoms with Crippen LogP contribution >= 0.6 is 11.3 Å². The summed E-state index contributed by atoms with van der Waals surface area (Å²) in [7, 11) is 0. The minimum Gasteiger partial charge on any atom is -0.492 e. The van der Waals surface area contributed by atoms with Gasteiger partial charge >= 0.3 is 0 Å². The second-order valence-electron chi connectivity index (χ2n) is 4.37. The number of hydrogen-bond acceptors (Lipinski definition) is 6. The summed E-state index contributed by atoms with van der Waals surface area (Å²) >= 11 is 1.52. The van der Waals surface area contributed by atoms with E-state index in [0.717, 1.165) is 10.6 Å². The quantitative estimate of drug-likeness (QED) is 0.702. The summed E-state index contributed by atoms with van der Waals surface area (Å²) in [5.41, 5.74) is 0.253. The van der Waals surface area contributed by atoms with Gasteiger partial charge in [0.1, 0.15) is 18.4 Å². The fourth-order valence-electron chi connectivity index (χ4n) is 1.87. The zero-order valence-corrected chi connectivity index (χ0v) is 12.5. The third-order valence-electron chi connectivity index (χ3n) is 2.86. The second-order valence-corrected chi connectivity index (χ2v) is 5.32. The fraction of sp³-hybridized carbons (Fsp3) is 0.125. The van der Waals surface area contributed by atoms with Crippen LogP contribution in [0.1, 0.15) is 5.69 Å². The highest BCUT2D eigenvalue weighted by Crippen LogP contribution is 2.28. The monoisotopic (exact) mass is 311 g/mol. The molecule has 3 rings (SSSR count). The van der Waals surface area contributed by atoms with Gasteiger partial charge in [-0.25, -0.2) is 0 Å². The van der Waals surface area contributed by atoms with E-state index in [4.69, 9.17) is 14.4 Å². The molecule has 5 nitrogen and oxygen atoms in total. The number of nitrogens with zero attached hydrogens (tertiary/aromatic N) is 2. The molecular weight excluding hydrogens is 298 g/mol. The van der Waals surface area contributed by atoms with Crippen molar-refractivity contribution in [3.05, 3.63) is 53.5 Å². The summed E-state index contributed by atoms with van der Waals surface area (Å²) in [5, 5.41) is 14.1. The average molecular weight is 311 g/mol. The van der Waals surface area contributed by atoms with Crippen LogP contribution in [0.3, 0.4) is 0 Å². The van der Waals surface area contributed by atoms with Crippen LogP contribution in [-0.2, 0) is 0 Å². The van der Waals surface area contributed by atoms with E-state index in [1.807, 2.05) is 53.9 Å². The molecular formula is C16H13N3O2S. The maximum absolute atomic E-state index is 9.12. The number of benzene rings is 1. The summed E-state index contributed by atoms with van der Waals surface area (Å²) < 4.78 is 11.2. The number of anilines is 1. The molecule has 0 aliphatic carbocycles. The van der Waals surface area contributed by atoms with E-state index in [1.54, 1.807) is 0 Å². The van der Waals surface area contributed by atoms with Gasteiger partial charge in [0, 0.05) is 0 Å². The van der Waals surface area contributed by atoms with Crippen molar-refractivity contribution in [2.24, 2.45) is 0 Å². The molecule has 0 bridgehead atoms. The summed E-state index contributed by atoms with van der Waals surface area (Å²) in [5.74, 6) is 1.64. The molecule has 0 amide bonds. The van der Waals surface area contributed by atoms with E-state index in [-0.39, 0.29) is 5.69 Å². The Morgan fingerprint density at radius 3 is 2.82 bits per heavy atom. The Labute approximate surface area is 131 Å². The van der Waals surface area contributed by atoms with Crippen LogP contribution in [-0.4, -0.2) is 18.1 Å². The molecule has 0 atom stereocenters. The Morgan fingerprint density at radius 1 is 1.23 bits per heavy atom. The molecule has 0 saturated carbocycles. The lowest BCUT2D eigenvalue weighted by Gasteiger charge is -2.06. The number of nitriles is 1. The molecule has 2 aromatic heterocycles. The molecule has 2 heterocycles. The van der Waals surface area contributed by atoms with Gasteiger partial charge in [-0.1, -0.05) is 24.3 Å². The molecule has 0 unspecified atom stereocenters. The molecule has 110 valence electrons. The van der Waals surface area contributed by atoms with Gasteiger partial charge < -0.3 is 14.5 Å². The zero-order valence-electron chi connectivity index (χ0n) is 11.7. The van der Waals surface area contributed by atoms with Gasteiger partial charge in [0.05, 0.1) is 11.4 Å². The highest BCUT2D eigenvalue weighted by atomic mass is 32.1. The topological polar surface area (TPSA) is 71.1 Å². The Hall–Kier alpha value is -2.78.